The van der Waals surface area contributed by atoms with E-state index in [1.165, 1.54) is 4.90 Å². The minimum Gasteiger partial charge on any atom is -0.493 e. The molecule has 26 heavy (non-hydrogen) atoms. The van der Waals surface area contributed by atoms with Crippen molar-refractivity contribution in [1.29, 1.82) is 0 Å². The van der Waals surface area contributed by atoms with E-state index >= 15 is 0 Å². The lowest BCUT2D eigenvalue weighted by molar-refractivity contribution is -0.145. The number of fused-ring (bicyclic) bond motifs is 1. The summed E-state index contributed by atoms with van der Waals surface area (Å²) in [5.74, 6) is -0.128. The molecule has 0 aromatic heterocycles. The fourth-order valence-electron chi connectivity index (χ4n) is 4.07. The predicted octanol–water partition coefficient (Wildman–Crippen LogP) is 1.86. The summed E-state index contributed by atoms with van der Waals surface area (Å²) < 4.78 is 5.53. The van der Waals surface area contributed by atoms with Crippen LogP contribution in [0.15, 0.2) is 36.4 Å². The molecule has 0 spiro atoms. The molecule has 2 heterocycles. The SMILES string of the molecule is CCOc1ccccc1C(=O)N1CC(N2C(=O)C3CC=CCC3C2=O)C1. The van der Waals surface area contributed by atoms with Crippen LogP contribution in [-0.2, 0) is 9.59 Å². The van der Waals surface area contributed by atoms with Gasteiger partial charge in [0.2, 0.25) is 11.8 Å². The highest BCUT2D eigenvalue weighted by Crippen LogP contribution is 2.37. The van der Waals surface area contributed by atoms with Crippen molar-refractivity contribution in [3.63, 3.8) is 0 Å². The second kappa shape index (κ2) is 6.59. The van der Waals surface area contributed by atoms with E-state index in [2.05, 4.69) is 0 Å². The molecule has 2 atom stereocenters. The first kappa shape index (κ1) is 16.8. The Labute approximate surface area is 152 Å². The molecule has 1 aromatic rings. The summed E-state index contributed by atoms with van der Waals surface area (Å²) in [6.07, 6.45) is 5.25. The lowest BCUT2D eigenvalue weighted by atomic mass is 9.85. The van der Waals surface area contributed by atoms with Crippen molar-refractivity contribution in [2.75, 3.05) is 19.7 Å². The van der Waals surface area contributed by atoms with E-state index in [1.807, 2.05) is 25.1 Å². The summed E-state index contributed by atoms with van der Waals surface area (Å²) in [6, 6.07) is 6.95. The highest BCUT2D eigenvalue weighted by Gasteiger charge is 2.52. The average molecular weight is 354 g/mol. The molecule has 0 radical (unpaired) electrons. The number of rotatable bonds is 4. The van der Waals surface area contributed by atoms with Crippen molar-refractivity contribution in [3.8, 4) is 5.75 Å². The Kier molecular flexibility index (Phi) is 4.26. The number of carbonyl (C=O) groups is 3. The number of benzene rings is 1. The number of allylic oxidation sites excluding steroid dienone is 2. The van der Waals surface area contributed by atoms with Crippen molar-refractivity contribution in [2.24, 2.45) is 11.8 Å². The molecule has 1 aromatic carbocycles. The van der Waals surface area contributed by atoms with Crippen LogP contribution in [0.3, 0.4) is 0 Å². The van der Waals surface area contributed by atoms with Crippen LogP contribution < -0.4 is 4.74 Å². The van der Waals surface area contributed by atoms with Crippen LogP contribution in [-0.4, -0.2) is 53.3 Å². The van der Waals surface area contributed by atoms with E-state index in [9.17, 15) is 14.4 Å². The first-order chi connectivity index (χ1) is 12.6. The van der Waals surface area contributed by atoms with Gasteiger partial charge in [-0.15, -0.1) is 0 Å². The normalized spacial score (nSPS) is 25.3. The topological polar surface area (TPSA) is 66.9 Å². The Morgan fingerprint density at radius 1 is 1.08 bits per heavy atom. The van der Waals surface area contributed by atoms with Crippen LogP contribution in [0, 0.1) is 11.8 Å². The molecule has 6 heteroatoms. The minimum absolute atomic E-state index is 0.0730. The molecule has 2 saturated heterocycles. The van der Waals surface area contributed by atoms with E-state index in [1.54, 1.807) is 23.1 Å². The van der Waals surface area contributed by atoms with Crippen LogP contribution in [0.5, 0.6) is 5.75 Å². The molecule has 2 aliphatic heterocycles. The number of carbonyl (C=O) groups excluding carboxylic acids is 3. The second-order valence-electron chi connectivity index (χ2n) is 7.00. The van der Waals surface area contributed by atoms with Crippen LogP contribution in [0.2, 0.25) is 0 Å². The van der Waals surface area contributed by atoms with Gasteiger partial charge in [-0.3, -0.25) is 19.3 Å². The number of imide groups is 1. The van der Waals surface area contributed by atoms with Crippen LogP contribution in [0.25, 0.3) is 0 Å². The zero-order valence-electron chi connectivity index (χ0n) is 14.8. The summed E-state index contributed by atoms with van der Waals surface area (Å²) in [7, 11) is 0. The van der Waals surface area contributed by atoms with Crippen molar-refractivity contribution in [1.82, 2.24) is 9.80 Å². The number of hydrogen-bond donors (Lipinski definition) is 0. The molecular formula is C20H22N2O4. The van der Waals surface area contributed by atoms with Gasteiger partial charge in [0, 0.05) is 13.1 Å². The highest BCUT2D eigenvalue weighted by molar-refractivity contribution is 6.06. The molecule has 1 aliphatic carbocycles. The average Bonchev–Trinajstić information content (AvgIpc) is 2.87. The molecule has 4 rings (SSSR count). The molecule has 3 aliphatic rings. The van der Waals surface area contributed by atoms with Gasteiger partial charge in [-0.05, 0) is 31.9 Å². The molecule has 0 N–H and O–H groups in total. The third-order valence-corrected chi connectivity index (χ3v) is 5.47. The van der Waals surface area contributed by atoms with Gasteiger partial charge in [0.25, 0.3) is 5.91 Å². The quantitative estimate of drug-likeness (QED) is 0.611. The van der Waals surface area contributed by atoms with E-state index in [0.717, 1.165) is 0 Å². The van der Waals surface area contributed by atoms with Crippen molar-refractivity contribution < 1.29 is 19.1 Å². The Bertz CT molecular complexity index is 756. The standard InChI is InChI=1S/C20H22N2O4/c1-2-26-17-10-6-5-9-16(17)18(23)21-11-13(12-21)22-19(24)14-7-3-4-8-15(14)20(22)25/h3-6,9-10,13-15H,2,7-8,11-12H2,1H3. The summed E-state index contributed by atoms with van der Waals surface area (Å²) >= 11 is 0. The third-order valence-electron chi connectivity index (χ3n) is 5.47. The summed E-state index contributed by atoms with van der Waals surface area (Å²) in [4.78, 5) is 41.1. The molecular weight excluding hydrogens is 332 g/mol. The van der Waals surface area contributed by atoms with Crippen LogP contribution in [0.4, 0.5) is 0 Å². The summed E-state index contributed by atoms with van der Waals surface area (Å²) in [5.41, 5.74) is 0.518. The van der Waals surface area contributed by atoms with Crippen molar-refractivity contribution >= 4 is 17.7 Å². The Hall–Kier alpha value is -2.63. The van der Waals surface area contributed by atoms with Gasteiger partial charge in [-0.2, -0.15) is 0 Å². The molecule has 6 nitrogen and oxygen atoms in total. The predicted molar refractivity (Wildman–Crippen MR) is 94.5 cm³/mol. The number of nitrogens with zero attached hydrogens (tertiary/aromatic N) is 2. The molecule has 0 bridgehead atoms. The summed E-state index contributed by atoms with van der Waals surface area (Å²) in [5, 5.41) is 0. The number of amides is 3. The van der Waals surface area contributed by atoms with Gasteiger partial charge in [0.15, 0.2) is 0 Å². The molecule has 2 unspecified atom stereocenters. The fraction of sp³-hybridized carbons (Fsp3) is 0.450. The maximum absolute atomic E-state index is 12.7. The van der Waals surface area contributed by atoms with Gasteiger partial charge in [0.1, 0.15) is 5.75 Å². The van der Waals surface area contributed by atoms with Crippen molar-refractivity contribution in [3.05, 3.63) is 42.0 Å². The van der Waals surface area contributed by atoms with E-state index in [0.29, 0.717) is 43.9 Å². The molecule has 3 amide bonds. The molecule has 2 fully saturated rings. The maximum Gasteiger partial charge on any atom is 0.257 e. The van der Waals surface area contributed by atoms with Gasteiger partial charge < -0.3 is 9.64 Å². The van der Waals surface area contributed by atoms with Gasteiger partial charge in [-0.25, -0.2) is 0 Å². The van der Waals surface area contributed by atoms with Gasteiger partial charge in [-0.1, -0.05) is 24.3 Å². The smallest absolute Gasteiger partial charge is 0.257 e. The van der Waals surface area contributed by atoms with Gasteiger partial charge in [0.05, 0.1) is 30.0 Å². The van der Waals surface area contributed by atoms with E-state index in [-0.39, 0.29) is 35.6 Å². The fourth-order valence-corrected chi connectivity index (χ4v) is 4.07. The van der Waals surface area contributed by atoms with Crippen LogP contribution in [0.1, 0.15) is 30.1 Å². The lowest BCUT2D eigenvalue weighted by Gasteiger charge is -2.43. The number of ether oxygens (including phenoxy) is 1. The first-order valence-corrected chi connectivity index (χ1v) is 9.14. The Balaban J connectivity index is 1.44. The number of likely N-dealkylation sites (tertiary alicyclic amines) is 2. The maximum atomic E-state index is 12.7. The number of hydrogen-bond acceptors (Lipinski definition) is 4. The molecule has 0 saturated carbocycles. The highest BCUT2D eigenvalue weighted by atomic mass is 16.5. The zero-order valence-corrected chi connectivity index (χ0v) is 14.8. The lowest BCUT2D eigenvalue weighted by Crippen LogP contribution is -2.62. The van der Waals surface area contributed by atoms with E-state index in [4.69, 9.17) is 4.74 Å². The van der Waals surface area contributed by atoms with Crippen molar-refractivity contribution in [2.45, 2.75) is 25.8 Å². The first-order valence-electron chi connectivity index (χ1n) is 9.14. The summed E-state index contributed by atoms with van der Waals surface area (Å²) in [6.45, 7) is 3.15. The molecule has 136 valence electrons. The Morgan fingerprint density at radius 3 is 2.31 bits per heavy atom. The second-order valence-corrected chi connectivity index (χ2v) is 7.00. The van der Waals surface area contributed by atoms with Crippen LogP contribution >= 0.6 is 0 Å². The minimum atomic E-state index is -0.212. The van der Waals surface area contributed by atoms with Gasteiger partial charge >= 0.3 is 0 Å². The van der Waals surface area contributed by atoms with E-state index < -0.39 is 0 Å². The number of para-hydroxylation sites is 1. The monoisotopic (exact) mass is 354 g/mol. The zero-order chi connectivity index (χ0) is 18.3. The Morgan fingerprint density at radius 2 is 1.69 bits per heavy atom. The largest absolute Gasteiger partial charge is 0.493 e. The third kappa shape index (κ3) is 2.60.